The number of nitrogens with zero attached hydrogens (tertiary/aromatic N) is 1. The quantitative estimate of drug-likeness (QED) is 0.599. The van der Waals surface area contributed by atoms with Crippen LogP contribution in [-0.4, -0.2) is 19.1 Å². The molecule has 0 N–H and O–H groups in total. The van der Waals surface area contributed by atoms with Crippen molar-refractivity contribution in [2.75, 3.05) is 6.26 Å². The Labute approximate surface area is 110 Å². The van der Waals surface area contributed by atoms with Gasteiger partial charge in [0, 0.05) is 11.8 Å². The number of allylic oxidation sites excluding steroid dienone is 1. The lowest BCUT2D eigenvalue weighted by Crippen LogP contribution is -2.05. The fraction of sp³-hybridized carbons (Fsp3) is 0.500. The van der Waals surface area contributed by atoms with E-state index in [0.717, 1.165) is 10.9 Å². The number of aromatic nitrogens is 1. The second-order valence-electron chi connectivity index (χ2n) is 4.87. The molecular weight excluding hydrogens is 225 g/mol. The maximum Gasteiger partial charge on any atom is 0.141 e. The van der Waals surface area contributed by atoms with Gasteiger partial charge in [0.05, 0.1) is 0 Å². The van der Waals surface area contributed by atoms with Gasteiger partial charge in [0.15, 0.2) is 0 Å². The van der Waals surface area contributed by atoms with Gasteiger partial charge < -0.3 is 0 Å². The minimum atomic E-state index is 0.791. The van der Waals surface area contributed by atoms with E-state index in [-0.39, 0.29) is 0 Å². The van der Waals surface area contributed by atoms with E-state index in [1.54, 1.807) is 11.8 Å². The Hall–Kier alpha value is -0.695. The summed E-state index contributed by atoms with van der Waals surface area (Å²) in [5.74, 6) is 0.791. The SMILES string of the molecule is Bc1cnc(SC)c(/C=C/C2CCCCC2)c1. The minimum absolute atomic E-state index is 0.791. The Morgan fingerprint density at radius 2 is 2.12 bits per heavy atom. The largest absolute Gasteiger partial charge is 0.250 e. The van der Waals surface area contributed by atoms with Gasteiger partial charge in [0.1, 0.15) is 12.9 Å². The van der Waals surface area contributed by atoms with Crippen molar-refractivity contribution in [2.24, 2.45) is 5.92 Å². The molecule has 1 saturated carbocycles. The Bertz CT molecular complexity index is 397. The molecule has 0 amide bonds. The highest BCUT2D eigenvalue weighted by atomic mass is 32.2. The molecule has 1 aliphatic rings. The molecule has 0 radical (unpaired) electrons. The van der Waals surface area contributed by atoms with E-state index in [0.29, 0.717) is 0 Å². The summed E-state index contributed by atoms with van der Waals surface area (Å²) in [6, 6.07) is 2.23. The van der Waals surface area contributed by atoms with Crippen molar-refractivity contribution in [1.82, 2.24) is 4.98 Å². The van der Waals surface area contributed by atoms with Crippen LogP contribution < -0.4 is 5.46 Å². The van der Waals surface area contributed by atoms with Gasteiger partial charge in [-0.25, -0.2) is 4.98 Å². The average Bonchev–Trinajstić information content (AvgIpc) is 2.38. The van der Waals surface area contributed by atoms with Crippen molar-refractivity contribution in [3.63, 3.8) is 0 Å². The lowest BCUT2D eigenvalue weighted by molar-refractivity contribution is 0.420. The first-order valence-corrected chi connectivity index (χ1v) is 7.71. The number of thioether (sulfide) groups is 1. The van der Waals surface area contributed by atoms with Crippen molar-refractivity contribution in [3.05, 3.63) is 23.9 Å². The molecular formula is C14H20BNS. The molecule has 0 bridgehead atoms. The topological polar surface area (TPSA) is 12.9 Å². The number of hydrogen-bond donors (Lipinski definition) is 0. The third-order valence-corrected chi connectivity index (χ3v) is 4.13. The molecule has 0 spiro atoms. The van der Waals surface area contributed by atoms with Crippen LogP contribution in [0.1, 0.15) is 37.7 Å². The van der Waals surface area contributed by atoms with Gasteiger partial charge in [0.2, 0.25) is 0 Å². The summed E-state index contributed by atoms with van der Waals surface area (Å²) >= 11 is 1.73. The molecule has 0 saturated heterocycles. The van der Waals surface area contributed by atoms with E-state index < -0.39 is 0 Å². The maximum absolute atomic E-state index is 4.47. The molecule has 1 aliphatic carbocycles. The number of hydrogen-bond acceptors (Lipinski definition) is 2. The zero-order chi connectivity index (χ0) is 12.1. The summed E-state index contributed by atoms with van der Waals surface area (Å²) in [5, 5.41) is 1.14. The van der Waals surface area contributed by atoms with Gasteiger partial charge in [-0.3, -0.25) is 0 Å². The van der Waals surface area contributed by atoms with Crippen molar-refractivity contribution in [3.8, 4) is 0 Å². The maximum atomic E-state index is 4.47. The molecule has 1 nitrogen and oxygen atoms in total. The van der Waals surface area contributed by atoms with Crippen LogP contribution in [0.15, 0.2) is 23.4 Å². The zero-order valence-electron chi connectivity index (χ0n) is 10.8. The highest BCUT2D eigenvalue weighted by molar-refractivity contribution is 7.98. The molecule has 17 heavy (non-hydrogen) atoms. The number of pyridine rings is 1. The molecule has 1 aromatic heterocycles. The third-order valence-electron chi connectivity index (χ3n) is 3.41. The van der Waals surface area contributed by atoms with E-state index in [2.05, 4.69) is 37.3 Å². The molecule has 2 rings (SSSR count). The fourth-order valence-corrected chi connectivity index (χ4v) is 2.96. The molecule has 3 heteroatoms. The van der Waals surface area contributed by atoms with Crippen LogP contribution in [0.2, 0.25) is 0 Å². The lowest BCUT2D eigenvalue weighted by atomic mass is 9.88. The first-order chi connectivity index (χ1) is 8.29. The lowest BCUT2D eigenvalue weighted by Gasteiger charge is -2.17. The normalized spacial score (nSPS) is 17.7. The smallest absolute Gasteiger partial charge is 0.141 e. The van der Waals surface area contributed by atoms with E-state index >= 15 is 0 Å². The molecule has 90 valence electrons. The molecule has 0 aromatic carbocycles. The van der Waals surface area contributed by atoms with Gasteiger partial charge >= 0.3 is 0 Å². The number of rotatable bonds is 3. The minimum Gasteiger partial charge on any atom is -0.250 e. The van der Waals surface area contributed by atoms with Crippen molar-refractivity contribution < 1.29 is 0 Å². The zero-order valence-corrected chi connectivity index (χ0v) is 11.6. The Morgan fingerprint density at radius 1 is 1.35 bits per heavy atom. The molecule has 0 aliphatic heterocycles. The Kier molecular flexibility index (Phi) is 4.72. The van der Waals surface area contributed by atoms with E-state index in [1.165, 1.54) is 43.1 Å². The second-order valence-corrected chi connectivity index (χ2v) is 5.66. The van der Waals surface area contributed by atoms with Crippen LogP contribution in [0.4, 0.5) is 0 Å². The van der Waals surface area contributed by atoms with Crippen LogP contribution in [0.5, 0.6) is 0 Å². The Morgan fingerprint density at radius 3 is 2.82 bits per heavy atom. The first-order valence-electron chi connectivity index (χ1n) is 6.48. The summed E-state index contributed by atoms with van der Waals surface area (Å²) in [7, 11) is 2.11. The van der Waals surface area contributed by atoms with Crippen molar-refractivity contribution in [1.29, 1.82) is 0 Å². The first kappa shape index (κ1) is 12.8. The van der Waals surface area contributed by atoms with E-state index in [4.69, 9.17) is 0 Å². The summed E-state index contributed by atoms with van der Waals surface area (Å²) in [5.41, 5.74) is 2.52. The predicted octanol–water partition coefficient (Wildman–Crippen LogP) is 2.66. The fourth-order valence-electron chi connectivity index (χ4n) is 2.44. The van der Waals surface area contributed by atoms with E-state index in [1.807, 2.05) is 6.20 Å². The van der Waals surface area contributed by atoms with Crippen LogP contribution in [-0.2, 0) is 0 Å². The molecule has 1 heterocycles. The molecule has 0 unspecified atom stereocenters. The van der Waals surface area contributed by atoms with Gasteiger partial charge in [-0.2, -0.15) is 0 Å². The average molecular weight is 245 g/mol. The molecule has 1 fully saturated rings. The van der Waals surface area contributed by atoms with Gasteiger partial charge in [-0.15, -0.1) is 11.8 Å². The summed E-state index contributed by atoms with van der Waals surface area (Å²) < 4.78 is 0. The van der Waals surface area contributed by atoms with Gasteiger partial charge in [-0.05, 0) is 25.0 Å². The van der Waals surface area contributed by atoms with Gasteiger partial charge in [0.25, 0.3) is 0 Å². The van der Waals surface area contributed by atoms with E-state index in [9.17, 15) is 0 Å². The van der Waals surface area contributed by atoms with Crippen molar-refractivity contribution in [2.45, 2.75) is 37.1 Å². The summed E-state index contributed by atoms with van der Waals surface area (Å²) in [6.07, 6.45) is 15.7. The van der Waals surface area contributed by atoms with Crippen LogP contribution >= 0.6 is 11.8 Å². The highest BCUT2D eigenvalue weighted by Crippen LogP contribution is 2.26. The van der Waals surface area contributed by atoms with Crippen LogP contribution in [0.25, 0.3) is 6.08 Å². The Balaban J connectivity index is 2.10. The summed E-state index contributed by atoms with van der Waals surface area (Å²) in [6.45, 7) is 0. The van der Waals surface area contributed by atoms with Crippen LogP contribution in [0, 0.1) is 5.92 Å². The predicted molar refractivity (Wildman–Crippen MR) is 79.8 cm³/mol. The van der Waals surface area contributed by atoms with Crippen LogP contribution in [0.3, 0.4) is 0 Å². The molecule has 0 atom stereocenters. The summed E-state index contributed by atoms with van der Waals surface area (Å²) in [4.78, 5) is 4.47. The highest BCUT2D eigenvalue weighted by Gasteiger charge is 2.10. The second kappa shape index (κ2) is 6.30. The standard InChI is InChI=1S/C14H20BNS/c1-17-14-12(9-13(15)10-16-14)8-7-11-5-3-2-4-6-11/h7-11H,2-6,15H2,1H3/b8-7+. The molecule has 1 aromatic rings. The van der Waals surface area contributed by atoms with Gasteiger partial charge in [-0.1, -0.05) is 42.9 Å². The van der Waals surface area contributed by atoms with Crippen molar-refractivity contribution >= 4 is 31.1 Å². The monoisotopic (exact) mass is 245 g/mol. The third kappa shape index (κ3) is 3.63.